The fourth-order valence-electron chi connectivity index (χ4n) is 2.32. The lowest BCUT2D eigenvalue weighted by molar-refractivity contribution is -0.115. The Balaban J connectivity index is 0.00000264. The van der Waals surface area contributed by atoms with Crippen molar-refractivity contribution in [1.29, 1.82) is 0 Å². The smallest absolute Gasteiger partial charge is 0.255 e. The molecule has 0 atom stereocenters. The van der Waals surface area contributed by atoms with Crippen molar-refractivity contribution in [2.45, 2.75) is 19.3 Å². The summed E-state index contributed by atoms with van der Waals surface area (Å²) < 4.78 is 15.7. The highest BCUT2D eigenvalue weighted by Gasteiger charge is 2.18. The number of nitrogens with one attached hydrogen (secondary N) is 1. The molecule has 0 fully saturated rings. The lowest BCUT2D eigenvalue weighted by Gasteiger charge is -2.16. The molecule has 0 spiro atoms. The fourth-order valence-corrected chi connectivity index (χ4v) is 2.32. The Kier molecular flexibility index (Phi) is 6.59. The highest BCUT2D eigenvalue weighted by atomic mass is 16.5. The van der Waals surface area contributed by atoms with E-state index in [1.807, 2.05) is 0 Å². The minimum atomic E-state index is -0.319. The molecule has 0 unspecified atom stereocenters. The van der Waals surface area contributed by atoms with E-state index in [0.29, 0.717) is 41.4 Å². The molecule has 7 nitrogen and oxygen atoms in total. The Bertz CT molecular complexity index is 598. The molecular formula is C16H21NO6. The van der Waals surface area contributed by atoms with Gasteiger partial charge in [-0.1, -0.05) is 0 Å². The monoisotopic (exact) mass is 323 g/mol. The summed E-state index contributed by atoms with van der Waals surface area (Å²) in [5.41, 5.74) is 1.00. The number of ketones is 1. The van der Waals surface area contributed by atoms with E-state index in [1.165, 1.54) is 27.4 Å². The van der Waals surface area contributed by atoms with Crippen molar-refractivity contribution in [3.8, 4) is 17.2 Å². The topological polar surface area (TPSA) is 105 Å². The summed E-state index contributed by atoms with van der Waals surface area (Å²) in [7, 11) is 4.47. The minimum Gasteiger partial charge on any atom is -0.493 e. The summed E-state index contributed by atoms with van der Waals surface area (Å²) in [6, 6.07) is 3.14. The first kappa shape index (κ1) is 18.5. The first-order valence-corrected chi connectivity index (χ1v) is 6.93. The molecule has 1 amide bonds. The summed E-state index contributed by atoms with van der Waals surface area (Å²) >= 11 is 0. The molecule has 3 N–H and O–H groups in total. The van der Waals surface area contributed by atoms with Crippen LogP contribution in [-0.2, 0) is 4.79 Å². The summed E-state index contributed by atoms with van der Waals surface area (Å²) in [6.45, 7) is 0. The predicted octanol–water partition coefficient (Wildman–Crippen LogP) is 1.25. The summed E-state index contributed by atoms with van der Waals surface area (Å²) in [5.74, 6) is 0.946. The van der Waals surface area contributed by atoms with Crippen molar-refractivity contribution in [2.24, 2.45) is 0 Å². The Labute approximate surface area is 134 Å². The quantitative estimate of drug-likeness (QED) is 0.878. The van der Waals surface area contributed by atoms with Crippen LogP contribution >= 0.6 is 0 Å². The van der Waals surface area contributed by atoms with Gasteiger partial charge in [-0.3, -0.25) is 9.59 Å². The van der Waals surface area contributed by atoms with Crippen LogP contribution in [0, 0.1) is 0 Å². The third-order valence-electron chi connectivity index (χ3n) is 3.41. The van der Waals surface area contributed by atoms with Crippen molar-refractivity contribution in [3.63, 3.8) is 0 Å². The van der Waals surface area contributed by atoms with Crippen molar-refractivity contribution in [3.05, 3.63) is 29.5 Å². The molecule has 0 heterocycles. The number of benzene rings is 1. The van der Waals surface area contributed by atoms with E-state index >= 15 is 0 Å². The number of amides is 1. The van der Waals surface area contributed by atoms with Crippen LogP contribution in [0.15, 0.2) is 23.9 Å². The molecule has 1 aliphatic rings. The number of carbonyl (C=O) groups excluding carboxylic acids is 2. The number of hydrogen-bond acceptors (Lipinski definition) is 5. The fraction of sp³-hybridized carbons (Fsp3) is 0.375. The molecule has 23 heavy (non-hydrogen) atoms. The van der Waals surface area contributed by atoms with Crippen LogP contribution in [0.1, 0.15) is 29.6 Å². The normalized spacial score (nSPS) is 13.5. The van der Waals surface area contributed by atoms with Gasteiger partial charge in [-0.15, -0.1) is 0 Å². The van der Waals surface area contributed by atoms with Gasteiger partial charge in [0.15, 0.2) is 17.3 Å². The Morgan fingerprint density at radius 2 is 1.65 bits per heavy atom. The molecule has 7 heteroatoms. The van der Waals surface area contributed by atoms with Gasteiger partial charge in [0.1, 0.15) is 0 Å². The Hall–Kier alpha value is -2.54. The molecular weight excluding hydrogens is 302 g/mol. The first-order chi connectivity index (χ1) is 10.6. The minimum absolute atomic E-state index is 0. The summed E-state index contributed by atoms with van der Waals surface area (Å²) in [4.78, 5) is 23.7. The number of rotatable bonds is 5. The maximum Gasteiger partial charge on any atom is 0.255 e. The SMILES string of the molecule is COc1cc(C(=O)NC2=CC(=O)CCC2)cc(OC)c1OC.O. The van der Waals surface area contributed by atoms with Gasteiger partial charge in [0, 0.05) is 23.8 Å². The lowest BCUT2D eigenvalue weighted by atomic mass is 10.0. The van der Waals surface area contributed by atoms with E-state index in [0.717, 1.165) is 6.42 Å². The van der Waals surface area contributed by atoms with Crippen LogP contribution in [0.2, 0.25) is 0 Å². The van der Waals surface area contributed by atoms with Gasteiger partial charge in [-0.2, -0.15) is 0 Å². The molecule has 0 saturated carbocycles. The zero-order valence-electron chi connectivity index (χ0n) is 13.4. The van der Waals surface area contributed by atoms with Crippen molar-refractivity contribution < 1.29 is 29.3 Å². The number of methoxy groups -OCH3 is 3. The highest BCUT2D eigenvalue weighted by molar-refractivity contribution is 5.98. The maximum absolute atomic E-state index is 12.3. The van der Waals surface area contributed by atoms with E-state index in [9.17, 15) is 9.59 Å². The average Bonchev–Trinajstić information content (AvgIpc) is 2.53. The second kappa shape index (κ2) is 8.19. The number of allylic oxidation sites excluding steroid dienone is 2. The Morgan fingerprint density at radius 1 is 1.04 bits per heavy atom. The largest absolute Gasteiger partial charge is 0.493 e. The van der Waals surface area contributed by atoms with Crippen molar-refractivity contribution >= 4 is 11.7 Å². The van der Waals surface area contributed by atoms with Crippen LogP contribution in [0.5, 0.6) is 17.2 Å². The number of ether oxygens (including phenoxy) is 3. The van der Waals surface area contributed by atoms with Crippen LogP contribution in [0.25, 0.3) is 0 Å². The Morgan fingerprint density at radius 3 is 2.13 bits per heavy atom. The van der Waals surface area contributed by atoms with E-state index in [1.54, 1.807) is 12.1 Å². The molecule has 0 aliphatic heterocycles. The van der Waals surface area contributed by atoms with E-state index in [2.05, 4.69) is 5.32 Å². The first-order valence-electron chi connectivity index (χ1n) is 6.93. The molecule has 1 aromatic rings. The summed E-state index contributed by atoms with van der Waals surface area (Å²) in [5, 5.41) is 2.76. The van der Waals surface area contributed by atoms with Crippen molar-refractivity contribution in [1.82, 2.24) is 5.32 Å². The second-order valence-corrected chi connectivity index (χ2v) is 4.86. The third kappa shape index (κ3) is 4.23. The third-order valence-corrected chi connectivity index (χ3v) is 3.41. The molecule has 0 saturated heterocycles. The molecule has 0 bridgehead atoms. The van der Waals surface area contributed by atoms with Crippen LogP contribution in [0.3, 0.4) is 0 Å². The zero-order chi connectivity index (χ0) is 16.1. The molecule has 2 rings (SSSR count). The molecule has 1 aliphatic carbocycles. The second-order valence-electron chi connectivity index (χ2n) is 4.86. The van der Waals surface area contributed by atoms with E-state index in [-0.39, 0.29) is 17.2 Å². The molecule has 0 aromatic heterocycles. The van der Waals surface area contributed by atoms with Crippen molar-refractivity contribution in [2.75, 3.05) is 21.3 Å². The van der Waals surface area contributed by atoms with Crippen LogP contribution in [0.4, 0.5) is 0 Å². The number of hydrogen-bond donors (Lipinski definition) is 1. The lowest BCUT2D eigenvalue weighted by Crippen LogP contribution is -2.25. The highest BCUT2D eigenvalue weighted by Crippen LogP contribution is 2.38. The van der Waals surface area contributed by atoms with Crippen LogP contribution < -0.4 is 19.5 Å². The van der Waals surface area contributed by atoms with Gasteiger partial charge in [0.2, 0.25) is 5.75 Å². The van der Waals surface area contributed by atoms with Gasteiger partial charge >= 0.3 is 0 Å². The maximum atomic E-state index is 12.3. The zero-order valence-corrected chi connectivity index (χ0v) is 13.4. The van der Waals surface area contributed by atoms with Gasteiger partial charge in [-0.05, 0) is 25.0 Å². The van der Waals surface area contributed by atoms with Gasteiger partial charge in [0.05, 0.1) is 21.3 Å². The standard InChI is InChI=1S/C16H19NO5.H2O/c1-20-13-7-10(8-14(21-2)15(13)22-3)16(19)17-11-5-4-6-12(18)9-11;/h7-9H,4-6H2,1-3H3,(H,17,19);1H2. The van der Waals surface area contributed by atoms with Gasteiger partial charge in [-0.25, -0.2) is 0 Å². The number of carbonyl (C=O) groups is 2. The van der Waals surface area contributed by atoms with Gasteiger partial charge < -0.3 is 25.0 Å². The molecule has 1 aromatic carbocycles. The molecule has 126 valence electrons. The predicted molar refractivity (Wildman–Crippen MR) is 84.1 cm³/mol. The van der Waals surface area contributed by atoms with Crippen LogP contribution in [-0.4, -0.2) is 38.5 Å². The van der Waals surface area contributed by atoms with Gasteiger partial charge in [0.25, 0.3) is 5.91 Å². The average molecular weight is 323 g/mol. The van der Waals surface area contributed by atoms with E-state index < -0.39 is 0 Å². The summed E-state index contributed by atoms with van der Waals surface area (Å²) in [6.07, 6.45) is 3.45. The van der Waals surface area contributed by atoms with E-state index in [4.69, 9.17) is 14.2 Å². The molecule has 0 radical (unpaired) electrons.